The van der Waals surface area contributed by atoms with Crippen LogP contribution in [0.15, 0.2) is 29.4 Å². The molecule has 3 N–H and O–H groups in total. The number of hydrogen-bond donors (Lipinski definition) is 2. The maximum atomic E-state index is 8.80. The molecule has 5 nitrogen and oxygen atoms in total. The molecular weight excluding hydrogens is 230 g/mol. The van der Waals surface area contributed by atoms with Gasteiger partial charge < -0.3 is 20.6 Å². The highest BCUT2D eigenvalue weighted by atomic mass is 16.5. The lowest BCUT2D eigenvalue weighted by atomic mass is 10.1. The Bertz CT molecular complexity index is 394. The maximum Gasteiger partial charge on any atom is 0.172 e. The van der Waals surface area contributed by atoms with Crippen LogP contribution in [0.2, 0.25) is 0 Å². The summed E-state index contributed by atoms with van der Waals surface area (Å²) >= 11 is 0. The zero-order valence-corrected chi connectivity index (χ0v) is 11.0. The second kappa shape index (κ2) is 7.55. The molecule has 1 aromatic rings. The van der Waals surface area contributed by atoms with E-state index in [1.165, 1.54) is 0 Å². The van der Waals surface area contributed by atoms with E-state index < -0.39 is 0 Å². The van der Waals surface area contributed by atoms with Gasteiger partial charge in [-0.2, -0.15) is 0 Å². The SMILES string of the molecule is CCOCCN(CC)c1ccccc1C(N)=NO. The number of hydrogen-bond acceptors (Lipinski definition) is 4. The molecule has 100 valence electrons. The van der Waals surface area contributed by atoms with Gasteiger partial charge in [-0.3, -0.25) is 0 Å². The summed E-state index contributed by atoms with van der Waals surface area (Å²) in [6.07, 6.45) is 0. The molecule has 18 heavy (non-hydrogen) atoms. The lowest BCUT2D eigenvalue weighted by Crippen LogP contribution is -2.29. The Hall–Kier alpha value is -1.75. The number of benzene rings is 1. The van der Waals surface area contributed by atoms with Crippen LogP contribution < -0.4 is 10.6 Å². The van der Waals surface area contributed by atoms with Gasteiger partial charge in [-0.05, 0) is 26.0 Å². The van der Waals surface area contributed by atoms with E-state index in [1.54, 1.807) is 0 Å². The van der Waals surface area contributed by atoms with Crippen LogP contribution in [0.4, 0.5) is 5.69 Å². The summed E-state index contributed by atoms with van der Waals surface area (Å²) in [5, 5.41) is 11.9. The molecule has 5 heteroatoms. The van der Waals surface area contributed by atoms with E-state index in [2.05, 4.69) is 17.0 Å². The first-order valence-corrected chi connectivity index (χ1v) is 6.14. The Labute approximate surface area is 108 Å². The third-order valence-corrected chi connectivity index (χ3v) is 2.72. The summed E-state index contributed by atoms with van der Waals surface area (Å²) in [5.41, 5.74) is 7.37. The van der Waals surface area contributed by atoms with Crippen LogP contribution in [0.5, 0.6) is 0 Å². The minimum Gasteiger partial charge on any atom is -0.409 e. The van der Waals surface area contributed by atoms with Crippen LogP contribution in [0.3, 0.4) is 0 Å². The zero-order valence-electron chi connectivity index (χ0n) is 11.0. The molecule has 0 saturated carbocycles. The standard InChI is InChI=1S/C13H21N3O2/c1-3-16(9-10-18-4-2)12-8-6-5-7-11(12)13(14)15-17/h5-8,17H,3-4,9-10H2,1-2H3,(H2,14,15). The highest BCUT2D eigenvalue weighted by Gasteiger charge is 2.11. The van der Waals surface area contributed by atoms with Gasteiger partial charge in [-0.25, -0.2) is 0 Å². The summed E-state index contributed by atoms with van der Waals surface area (Å²) in [5.74, 6) is 0.125. The summed E-state index contributed by atoms with van der Waals surface area (Å²) < 4.78 is 5.36. The van der Waals surface area contributed by atoms with Gasteiger partial charge in [0.1, 0.15) is 0 Å². The van der Waals surface area contributed by atoms with E-state index in [4.69, 9.17) is 15.7 Å². The van der Waals surface area contributed by atoms with Gasteiger partial charge in [0.25, 0.3) is 0 Å². The van der Waals surface area contributed by atoms with Crippen molar-refractivity contribution in [3.05, 3.63) is 29.8 Å². The third kappa shape index (κ3) is 3.63. The Morgan fingerprint density at radius 3 is 2.72 bits per heavy atom. The van der Waals surface area contributed by atoms with Gasteiger partial charge in [-0.1, -0.05) is 17.3 Å². The molecule has 1 rings (SSSR count). The number of likely N-dealkylation sites (N-methyl/N-ethyl adjacent to an activating group) is 1. The van der Waals surface area contributed by atoms with Crippen molar-refractivity contribution in [3.8, 4) is 0 Å². The Morgan fingerprint density at radius 2 is 2.11 bits per heavy atom. The number of amidine groups is 1. The minimum absolute atomic E-state index is 0.125. The van der Waals surface area contributed by atoms with E-state index in [0.29, 0.717) is 13.2 Å². The fourth-order valence-corrected chi connectivity index (χ4v) is 1.79. The predicted molar refractivity (Wildman–Crippen MR) is 73.3 cm³/mol. The second-order valence-corrected chi connectivity index (χ2v) is 3.78. The number of ether oxygens (including phenoxy) is 1. The Morgan fingerprint density at radius 1 is 1.39 bits per heavy atom. The van der Waals surface area contributed by atoms with Crippen LogP contribution in [-0.2, 0) is 4.74 Å². The molecule has 0 heterocycles. The summed E-state index contributed by atoms with van der Waals surface area (Å²) in [6.45, 7) is 7.02. The smallest absolute Gasteiger partial charge is 0.172 e. The van der Waals surface area contributed by atoms with Gasteiger partial charge in [0.2, 0.25) is 0 Å². The van der Waals surface area contributed by atoms with Gasteiger partial charge in [0.15, 0.2) is 5.84 Å². The molecule has 0 aliphatic carbocycles. The Kier molecular flexibility index (Phi) is 6.00. The number of para-hydroxylation sites is 1. The van der Waals surface area contributed by atoms with Crippen LogP contribution in [0.1, 0.15) is 19.4 Å². The quantitative estimate of drug-likeness (QED) is 0.254. The number of anilines is 1. The van der Waals surface area contributed by atoms with E-state index in [1.807, 2.05) is 31.2 Å². The highest BCUT2D eigenvalue weighted by Crippen LogP contribution is 2.19. The first kappa shape index (κ1) is 14.3. The van der Waals surface area contributed by atoms with Gasteiger partial charge in [-0.15, -0.1) is 0 Å². The maximum absolute atomic E-state index is 8.80. The molecule has 0 saturated heterocycles. The third-order valence-electron chi connectivity index (χ3n) is 2.72. The van der Waals surface area contributed by atoms with Crippen molar-refractivity contribution < 1.29 is 9.94 Å². The topological polar surface area (TPSA) is 71.1 Å². The summed E-state index contributed by atoms with van der Waals surface area (Å²) in [6, 6.07) is 7.61. The molecule has 0 aromatic heterocycles. The lowest BCUT2D eigenvalue weighted by Gasteiger charge is -2.25. The van der Waals surface area contributed by atoms with Crippen LogP contribution >= 0.6 is 0 Å². The Balaban J connectivity index is 2.91. The minimum atomic E-state index is 0.125. The second-order valence-electron chi connectivity index (χ2n) is 3.78. The van der Waals surface area contributed by atoms with Crippen molar-refractivity contribution in [3.63, 3.8) is 0 Å². The molecule has 0 unspecified atom stereocenters. The molecule has 0 bridgehead atoms. The first-order chi connectivity index (χ1) is 8.74. The van der Waals surface area contributed by atoms with Crippen molar-refractivity contribution in [2.75, 3.05) is 31.2 Å². The normalized spacial score (nSPS) is 11.6. The van der Waals surface area contributed by atoms with Gasteiger partial charge in [0.05, 0.1) is 6.61 Å². The van der Waals surface area contributed by atoms with Crippen molar-refractivity contribution in [1.82, 2.24) is 0 Å². The van der Waals surface area contributed by atoms with Crippen LogP contribution in [0.25, 0.3) is 0 Å². The molecule has 0 atom stereocenters. The molecule has 0 fully saturated rings. The average Bonchev–Trinajstić information content (AvgIpc) is 2.43. The van der Waals surface area contributed by atoms with E-state index in [0.717, 1.165) is 24.3 Å². The summed E-state index contributed by atoms with van der Waals surface area (Å²) in [4.78, 5) is 2.14. The van der Waals surface area contributed by atoms with Gasteiger partial charge >= 0.3 is 0 Å². The van der Waals surface area contributed by atoms with Crippen molar-refractivity contribution in [2.24, 2.45) is 10.9 Å². The largest absolute Gasteiger partial charge is 0.409 e. The molecule has 0 radical (unpaired) electrons. The average molecular weight is 251 g/mol. The fraction of sp³-hybridized carbons (Fsp3) is 0.462. The molecular formula is C13H21N3O2. The molecule has 0 aliphatic rings. The molecule has 0 aliphatic heterocycles. The number of nitrogens with two attached hydrogens (primary N) is 1. The number of rotatable bonds is 7. The van der Waals surface area contributed by atoms with Crippen LogP contribution in [0, 0.1) is 0 Å². The van der Waals surface area contributed by atoms with Crippen molar-refractivity contribution >= 4 is 11.5 Å². The van der Waals surface area contributed by atoms with E-state index in [9.17, 15) is 0 Å². The van der Waals surface area contributed by atoms with Crippen molar-refractivity contribution in [2.45, 2.75) is 13.8 Å². The molecule has 1 aromatic carbocycles. The molecule has 0 spiro atoms. The van der Waals surface area contributed by atoms with Crippen molar-refractivity contribution in [1.29, 1.82) is 0 Å². The highest BCUT2D eigenvalue weighted by molar-refractivity contribution is 6.02. The summed E-state index contributed by atoms with van der Waals surface area (Å²) in [7, 11) is 0. The zero-order chi connectivity index (χ0) is 13.4. The van der Waals surface area contributed by atoms with E-state index >= 15 is 0 Å². The fourth-order valence-electron chi connectivity index (χ4n) is 1.79. The first-order valence-electron chi connectivity index (χ1n) is 6.14. The number of oxime groups is 1. The van der Waals surface area contributed by atoms with Crippen LogP contribution in [-0.4, -0.2) is 37.3 Å². The van der Waals surface area contributed by atoms with E-state index in [-0.39, 0.29) is 5.84 Å². The monoisotopic (exact) mass is 251 g/mol. The molecule has 0 amide bonds. The predicted octanol–water partition coefficient (Wildman–Crippen LogP) is 1.64. The lowest BCUT2D eigenvalue weighted by molar-refractivity contribution is 0.154. The van der Waals surface area contributed by atoms with Gasteiger partial charge in [0, 0.05) is 30.9 Å². The number of nitrogens with zero attached hydrogens (tertiary/aromatic N) is 2.